The molecule has 0 spiro atoms. The number of carbonyl (C=O) groups excluding carboxylic acids is 1. The van der Waals surface area contributed by atoms with Crippen molar-refractivity contribution in [1.82, 2.24) is 0 Å². The van der Waals surface area contributed by atoms with Gasteiger partial charge in [-0.3, -0.25) is 4.79 Å². The standard InChI is InChI=1S/C10H9FN2O2/c1-15-10(14)4-7-8(11)2-6(5-12)3-9(7)13/h2-3H,4,13H2,1H3. The molecule has 0 fully saturated rings. The van der Waals surface area contributed by atoms with E-state index in [4.69, 9.17) is 11.0 Å². The quantitative estimate of drug-likeness (QED) is 0.581. The van der Waals surface area contributed by atoms with Gasteiger partial charge < -0.3 is 10.5 Å². The summed E-state index contributed by atoms with van der Waals surface area (Å²) in [4.78, 5) is 10.9. The molecule has 0 amide bonds. The van der Waals surface area contributed by atoms with Crippen molar-refractivity contribution in [2.24, 2.45) is 0 Å². The van der Waals surface area contributed by atoms with Crippen molar-refractivity contribution in [2.45, 2.75) is 6.42 Å². The molecule has 0 heterocycles. The highest BCUT2D eigenvalue weighted by Crippen LogP contribution is 2.19. The number of rotatable bonds is 2. The number of nitrogens with two attached hydrogens (primary N) is 1. The molecule has 5 heteroatoms. The topological polar surface area (TPSA) is 76.1 Å². The van der Waals surface area contributed by atoms with E-state index >= 15 is 0 Å². The number of hydrogen-bond acceptors (Lipinski definition) is 4. The van der Waals surface area contributed by atoms with Gasteiger partial charge in [0.2, 0.25) is 0 Å². The SMILES string of the molecule is COC(=O)Cc1c(N)cc(C#N)cc1F. The summed E-state index contributed by atoms with van der Waals surface area (Å²) in [5.74, 6) is -1.25. The Morgan fingerprint density at radius 1 is 1.67 bits per heavy atom. The largest absolute Gasteiger partial charge is 0.469 e. The van der Waals surface area contributed by atoms with E-state index < -0.39 is 11.8 Å². The van der Waals surface area contributed by atoms with Gasteiger partial charge in [-0.2, -0.15) is 5.26 Å². The van der Waals surface area contributed by atoms with Gasteiger partial charge in [0, 0.05) is 11.3 Å². The number of anilines is 1. The minimum atomic E-state index is -0.669. The van der Waals surface area contributed by atoms with Crippen LogP contribution in [-0.4, -0.2) is 13.1 Å². The first kappa shape index (κ1) is 11.0. The van der Waals surface area contributed by atoms with Crippen molar-refractivity contribution < 1.29 is 13.9 Å². The summed E-state index contributed by atoms with van der Waals surface area (Å²) in [5.41, 5.74) is 5.76. The third kappa shape index (κ3) is 2.44. The van der Waals surface area contributed by atoms with Crippen molar-refractivity contribution in [2.75, 3.05) is 12.8 Å². The predicted molar refractivity (Wildman–Crippen MR) is 51.2 cm³/mol. The van der Waals surface area contributed by atoms with E-state index in [0.29, 0.717) is 0 Å². The number of esters is 1. The van der Waals surface area contributed by atoms with E-state index in [2.05, 4.69) is 4.74 Å². The van der Waals surface area contributed by atoms with E-state index in [1.807, 2.05) is 0 Å². The zero-order chi connectivity index (χ0) is 11.4. The number of ether oxygens (including phenoxy) is 1. The second kappa shape index (κ2) is 4.42. The molecule has 0 bridgehead atoms. The normalized spacial score (nSPS) is 9.40. The fourth-order valence-corrected chi connectivity index (χ4v) is 1.13. The summed E-state index contributed by atoms with van der Waals surface area (Å²) < 4.78 is 17.8. The molecule has 0 aliphatic carbocycles. The third-order valence-corrected chi connectivity index (χ3v) is 1.91. The number of nitrogens with zero attached hydrogens (tertiary/aromatic N) is 1. The molecule has 4 nitrogen and oxygen atoms in total. The Bertz CT molecular complexity index is 415. The lowest BCUT2D eigenvalue weighted by atomic mass is 10.1. The second-order valence-corrected chi connectivity index (χ2v) is 2.89. The Labute approximate surface area is 86.1 Å². The van der Waals surface area contributed by atoms with Crippen LogP contribution in [0.1, 0.15) is 11.1 Å². The van der Waals surface area contributed by atoms with Gasteiger partial charge in [-0.1, -0.05) is 0 Å². The molecule has 0 aliphatic rings. The molecular weight excluding hydrogens is 199 g/mol. The Morgan fingerprint density at radius 2 is 2.33 bits per heavy atom. The van der Waals surface area contributed by atoms with Crippen molar-refractivity contribution in [3.8, 4) is 6.07 Å². The zero-order valence-corrected chi connectivity index (χ0v) is 8.08. The smallest absolute Gasteiger partial charge is 0.310 e. The molecular formula is C10H9FN2O2. The molecule has 0 aliphatic heterocycles. The summed E-state index contributed by atoms with van der Waals surface area (Å²) in [6, 6.07) is 4.12. The van der Waals surface area contributed by atoms with Crippen LogP contribution in [0.15, 0.2) is 12.1 Å². The predicted octanol–water partition coefficient (Wildman–Crippen LogP) is 0.995. The monoisotopic (exact) mass is 208 g/mol. The van der Waals surface area contributed by atoms with Crippen LogP contribution in [0.25, 0.3) is 0 Å². The fraction of sp³-hybridized carbons (Fsp3) is 0.200. The van der Waals surface area contributed by atoms with Gasteiger partial charge in [0.25, 0.3) is 0 Å². The molecule has 1 rings (SSSR count). The Kier molecular flexibility index (Phi) is 3.24. The van der Waals surface area contributed by atoms with Crippen LogP contribution in [-0.2, 0) is 16.0 Å². The molecule has 0 radical (unpaired) electrons. The van der Waals surface area contributed by atoms with E-state index in [1.54, 1.807) is 6.07 Å². The van der Waals surface area contributed by atoms with Crippen LogP contribution in [0.4, 0.5) is 10.1 Å². The Balaban J connectivity index is 3.10. The van der Waals surface area contributed by atoms with Crippen LogP contribution < -0.4 is 5.73 Å². The van der Waals surface area contributed by atoms with Crippen molar-refractivity contribution in [3.63, 3.8) is 0 Å². The maximum Gasteiger partial charge on any atom is 0.310 e. The Morgan fingerprint density at radius 3 is 2.80 bits per heavy atom. The second-order valence-electron chi connectivity index (χ2n) is 2.89. The van der Waals surface area contributed by atoms with Crippen LogP contribution in [0, 0.1) is 17.1 Å². The van der Waals surface area contributed by atoms with Crippen LogP contribution >= 0.6 is 0 Å². The number of methoxy groups -OCH3 is 1. The van der Waals surface area contributed by atoms with E-state index in [0.717, 1.165) is 6.07 Å². The van der Waals surface area contributed by atoms with Gasteiger partial charge in [-0.15, -0.1) is 0 Å². The van der Waals surface area contributed by atoms with Gasteiger partial charge in [0.15, 0.2) is 0 Å². The van der Waals surface area contributed by atoms with Crippen molar-refractivity contribution in [1.29, 1.82) is 5.26 Å². The molecule has 1 aromatic rings. The average molecular weight is 208 g/mol. The number of halogens is 1. The lowest BCUT2D eigenvalue weighted by molar-refractivity contribution is -0.139. The molecule has 2 N–H and O–H groups in total. The zero-order valence-electron chi connectivity index (χ0n) is 8.08. The summed E-state index contributed by atoms with van der Waals surface area (Å²) in [5, 5.41) is 8.54. The van der Waals surface area contributed by atoms with Gasteiger partial charge in [-0.25, -0.2) is 4.39 Å². The van der Waals surface area contributed by atoms with Crippen LogP contribution in [0.3, 0.4) is 0 Å². The highest BCUT2D eigenvalue weighted by Gasteiger charge is 2.13. The number of benzene rings is 1. The fourth-order valence-electron chi connectivity index (χ4n) is 1.13. The highest BCUT2D eigenvalue weighted by atomic mass is 19.1. The first-order valence-electron chi connectivity index (χ1n) is 4.13. The molecule has 0 saturated carbocycles. The maximum absolute atomic E-state index is 13.4. The molecule has 0 aromatic heterocycles. The van der Waals surface area contributed by atoms with Gasteiger partial charge in [0.1, 0.15) is 5.82 Å². The summed E-state index contributed by atoms with van der Waals surface area (Å²) in [6.45, 7) is 0. The van der Waals surface area contributed by atoms with Crippen molar-refractivity contribution >= 4 is 11.7 Å². The van der Waals surface area contributed by atoms with Crippen LogP contribution in [0.2, 0.25) is 0 Å². The van der Waals surface area contributed by atoms with Crippen molar-refractivity contribution in [3.05, 3.63) is 29.1 Å². The number of hydrogen-bond donors (Lipinski definition) is 1. The van der Waals surface area contributed by atoms with Gasteiger partial charge in [-0.05, 0) is 12.1 Å². The molecule has 0 saturated heterocycles. The molecule has 0 atom stereocenters. The molecule has 78 valence electrons. The number of carbonyl (C=O) groups is 1. The summed E-state index contributed by atoms with van der Waals surface area (Å²) in [7, 11) is 1.21. The van der Waals surface area contributed by atoms with Gasteiger partial charge in [0.05, 0.1) is 25.2 Å². The van der Waals surface area contributed by atoms with E-state index in [-0.39, 0.29) is 23.2 Å². The minimum Gasteiger partial charge on any atom is -0.469 e. The minimum absolute atomic E-state index is 0.0563. The van der Waals surface area contributed by atoms with E-state index in [9.17, 15) is 9.18 Å². The maximum atomic E-state index is 13.4. The molecule has 1 aromatic carbocycles. The lowest BCUT2D eigenvalue weighted by Gasteiger charge is -2.06. The van der Waals surface area contributed by atoms with E-state index in [1.165, 1.54) is 13.2 Å². The first-order valence-corrected chi connectivity index (χ1v) is 4.13. The summed E-state index contributed by atoms with van der Waals surface area (Å²) in [6.07, 6.45) is -0.236. The van der Waals surface area contributed by atoms with Gasteiger partial charge >= 0.3 is 5.97 Å². The molecule has 0 unspecified atom stereocenters. The third-order valence-electron chi connectivity index (χ3n) is 1.91. The Hall–Kier alpha value is -2.09. The average Bonchev–Trinajstić information content (AvgIpc) is 2.22. The first-order chi connectivity index (χ1) is 7.08. The number of nitrogen functional groups attached to an aromatic ring is 1. The van der Waals surface area contributed by atoms with Crippen LogP contribution in [0.5, 0.6) is 0 Å². The summed E-state index contributed by atoms with van der Waals surface area (Å²) >= 11 is 0. The number of nitriles is 1. The lowest BCUT2D eigenvalue weighted by Crippen LogP contribution is -2.09. The highest BCUT2D eigenvalue weighted by molar-refractivity contribution is 5.75. The molecule has 15 heavy (non-hydrogen) atoms.